The Morgan fingerprint density at radius 3 is 2.54 bits per heavy atom. The Bertz CT molecular complexity index is 802. The van der Waals surface area contributed by atoms with Gasteiger partial charge in [0.15, 0.2) is 0 Å². The summed E-state index contributed by atoms with van der Waals surface area (Å²) in [6.07, 6.45) is 1.98. The zero-order valence-corrected chi connectivity index (χ0v) is 15.9. The van der Waals surface area contributed by atoms with Gasteiger partial charge in [0.25, 0.3) is 0 Å². The van der Waals surface area contributed by atoms with Crippen molar-refractivity contribution in [3.63, 3.8) is 0 Å². The molecule has 1 aromatic rings. The van der Waals surface area contributed by atoms with E-state index in [9.17, 15) is 18.0 Å². The highest BCUT2D eigenvalue weighted by atomic mass is 32.2. The molecule has 0 aromatic heterocycles. The van der Waals surface area contributed by atoms with Gasteiger partial charge < -0.3 is 9.64 Å². The van der Waals surface area contributed by atoms with Crippen molar-refractivity contribution in [3.8, 4) is 0 Å². The average molecular weight is 381 g/mol. The highest BCUT2D eigenvalue weighted by Gasteiger charge is 2.29. The molecule has 1 N–H and O–H groups in total. The summed E-state index contributed by atoms with van der Waals surface area (Å²) in [5.74, 6) is 0. The second-order valence-electron chi connectivity index (χ2n) is 7.06. The Morgan fingerprint density at radius 1 is 1.31 bits per heavy atom. The Hall–Kier alpha value is -2.22. The molecular weight excluding hydrogens is 358 g/mol. The van der Waals surface area contributed by atoms with Gasteiger partial charge in [0.05, 0.1) is 10.6 Å². The summed E-state index contributed by atoms with van der Waals surface area (Å²) in [5, 5.41) is 0. The van der Waals surface area contributed by atoms with Crippen LogP contribution < -0.4 is 4.72 Å². The third-order valence-corrected chi connectivity index (χ3v) is 5.29. The minimum Gasteiger partial charge on any atom is -0.444 e. The number of nitrogens with zero attached hydrogens (tertiary/aromatic N) is 2. The maximum absolute atomic E-state index is 12.5. The first-order valence-electron chi connectivity index (χ1n) is 8.29. The van der Waals surface area contributed by atoms with Crippen LogP contribution in [-0.2, 0) is 19.6 Å². The molecule has 2 rings (SSSR count). The van der Waals surface area contributed by atoms with E-state index >= 15 is 0 Å². The molecule has 1 amide bonds. The number of ether oxygens (including phenoxy) is 1. The van der Waals surface area contributed by atoms with Gasteiger partial charge in [0.1, 0.15) is 5.60 Å². The van der Waals surface area contributed by atoms with Crippen molar-refractivity contribution in [3.05, 3.63) is 24.3 Å². The molecule has 0 atom stereocenters. The Kier molecular flexibility index (Phi) is 6.17. The predicted octanol–water partition coefficient (Wildman–Crippen LogP) is 2.33. The first-order chi connectivity index (χ1) is 12.1. The van der Waals surface area contributed by atoms with Gasteiger partial charge in [-0.3, -0.25) is 0 Å². The standard InChI is InChI=1S/C17H23N3O5S/c1-17(2,3)25-16(22)20-9-7-13(8-10-20)19-26(23,24)15-6-4-5-14(11-15)18-12-21/h4-6,11,13,19H,7-10H2,1-3H3. The van der Waals surface area contributed by atoms with Crippen LogP contribution in [0.5, 0.6) is 0 Å². The summed E-state index contributed by atoms with van der Waals surface area (Å²) in [7, 11) is -3.74. The molecule has 142 valence electrons. The molecule has 9 heteroatoms. The summed E-state index contributed by atoms with van der Waals surface area (Å²) in [4.78, 5) is 27.4. The van der Waals surface area contributed by atoms with Crippen LogP contribution in [0.2, 0.25) is 0 Å². The molecule has 0 aliphatic carbocycles. The van der Waals surface area contributed by atoms with Gasteiger partial charge in [-0.15, -0.1) is 0 Å². The van der Waals surface area contributed by atoms with E-state index < -0.39 is 21.7 Å². The Labute approximate surface area is 153 Å². The summed E-state index contributed by atoms with van der Waals surface area (Å²) in [6.45, 7) is 6.23. The van der Waals surface area contributed by atoms with E-state index in [2.05, 4.69) is 9.71 Å². The molecule has 1 fully saturated rings. The van der Waals surface area contributed by atoms with Crippen molar-refractivity contribution in [2.45, 2.75) is 50.2 Å². The molecule has 0 unspecified atom stereocenters. The number of isocyanates is 1. The highest BCUT2D eigenvalue weighted by Crippen LogP contribution is 2.20. The molecule has 1 aliphatic rings. The van der Waals surface area contributed by atoms with E-state index in [0.29, 0.717) is 25.9 Å². The molecule has 0 radical (unpaired) electrons. The van der Waals surface area contributed by atoms with E-state index in [-0.39, 0.29) is 16.6 Å². The van der Waals surface area contributed by atoms with Gasteiger partial charge in [0.2, 0.25) is 16.1 Å². The SMILES string of the molecule is CC(C)(C)OC(=O)N1CCC(NS(=O)(=O)c2cccc(N=C=O)c2)CC1. The third kappa shape index (κ3) is 5.66. The summed E-state index contributed by atoms with van der Waals surface area (Å²) in [6, 6.07) is 5.49. The number of aliphatic imine (C=N–C) groups is 1. The van der Waals surface area contributed by atoms with E-state index in [4.69, 9.17) is 4.74 Å². The van der Waals surface area contributed by atoms with Gasteiger partial charge in [-0.1, -0.05) is 6.07 Å². The summed E-state index contributed by atoms with van der Waals surface area (Å²) in [5.41, 5.74) is -0.340. The van der Waals surface area contributed by atoms with Crippen LogP contribution in [0.1, 0.15) is 33.6 Å². The van der Waals surface area contributed by atoms with Crippen molar-refractivity contribution < 1.29 is 22.7 Å². The quantitative estimate of drug-likeness (QED) is 0.636. The van der Waals surface area contributed by atoms with Gasteiger partial charge in [-0.25, -0.2) is 22.7 Å². The average Bonchev–Trinajstić information content (AvgIpc) is 2.54. The lowest BCUT2D eigenvalue weighted by Gasteiger charge is -2.33. The second kappa shape index (κ2) is 7.99. The van der Waals surface area contributed by atoms with Crippen LogP contribution in [0.25, 0.3) is 0 Å². The molecule has 0 saturated carbocycles. The molecule has 1 aliphatic heterocycles. The number of nitrogens with one attached hydrogen (secondary N) is 1. The zero-order valence-electron chi connectivity index (χ0n) is 15.1. The van der Waals surface area contributed by atoms with Crippen LogP contribution >= 0.6 is 0 Å². The number of carbonyl (C=O) groups excluding carboxylic acids is 2. The topological polar surface area (TPSA) is 105 Å². The van der Waals surface area contributed by atoms with Crippen LogP contribution in [0.15, 0.2) is 34.2 Å². The lowest BCUT2D eigenvalue weighted by atomic mass is 10.1. The van der Waals surface area contributed by atoms with Crippen molar-refractivity contribution in [2.75, 3.05) is 13.1 Å². The maximum Gasteiger partial charge on any atom is 0.410 e. The number of rotatable bonds is 4. The van der Waals surface area contributed by atoms with Crippen LogP contribution in [0.4, 0.5) is 10.5 Å². The smallest absolute Gasteiger partial charge is 0.410 e. The number of amides is 1. The van der Waals surface area contributed by atoms with Crippen molar-refractivity contribution in [2.24, 2.45) is 4.99 Å². The largest absolute Gasteiger partial charge is 0.444 e. The van der Waals surface area contributed by atoms with Gasteiger partial charge in [-0.2, -0.15) is 4.99 Å². The normalized spacial score (nSPS) is 16.0. The first-order valence-corrected chi connectivity index (χ1v) is 9.77. The summed E-state index contributed by atoms with van der Waals surface area (Å²) >= 11 is 0. The molecule has 1 aromatic carbocycles. The van der Waals surface area contributed by atoms with Crippen LogP contribution in [0.3, 0.4) is 0 Å². The fourth-order valence-electron chi connectivity index (χ4n) is 2.57. The number of piperidine rings is 1. The Balaban J connectivity index is 1.97. The maximum atomic E-state index is 12.5. The lowest BCUT2D eigenvalue weighted by molar-refractivity contribution is 0.0203. The van der Waals surface area contributed by atoms with E-state index in [1.807, 2.05) is 0 Å². The van der Waals surface area contributed by atoms with E-state index in [1.54, 1.807) is 25.7 Å². The van der Waals surface area contributed by atoms with Gasteiger partial charge in [-0.05, 0) is 51.8 Å². The number of hydrogen-bond donors (Lipinski definition) is 1. The Morgan fingerprint density at radius 2 is 1.96 bits per heavy atom. The van der Waals surface area contributed by atoms with Crippen molar-refractivity contribution >= 4 is 27.9 Å². The van der Waals surface area contributed by atoms with Crippen molar-refractivity contribution in [1.82, 2.24) is 9.62 Å². The molecule has 0 bridgehead atoms. The molecule has 0 spiro atoms. The van der Waals surface area contributed by atoms with E-state index in [0.717, 1.165) is 0 Å². The minimum atomic E-state index is -3.74. The number of sulfonamides is 1. The number of carbonyl (C=O) groups is 1. The van der Waals surface area contributed by atoms with Crippen LogP contribution in [-0.4, -0.2) is 50.2 Å². The first kappa shape index (κ1) is 20.1. The molecule has 8 nitrogen and oxygen atoms in total. The minimum absolute atomic E-state index is 0.0311. The zero-order chi connectivity index (χ0) is 19.4. The third-order valence-electron chi connectivity index (χ3n) is 3.77. The van der Waals surface area contributed by atoms with E-state index in [1.165, 1.54) is 30.3 Å². The lowest BCUT2D eigenvalue weighted by Crippen LogP contribution is -2.47. The predicted molar refractivity (Wildman–Crippen MR) is 95.4 cm³/mol. The number of hydrogen-bond acceptors (Lipinski definition) is 6. The fraction of sp³-hybridized carbons (Fsp3) is 0.529. The van der Waals surface area contributed by atoms with Gasteiger partial charge in [0, 0.05) is 19.1 Å². The highest BCUT2D eigenvalue weighted by molar-refractivity contribution is 7.89. The second-order valence-corrected chi connectivity index (χ2v) is 8.78. The summed E-state index contributed by atoms with van der Waals surface area (Å²) < 4.78 is 33.0. The molecular formula is C17H23N3O5S. The number of likely N-dealkylation sites (tertiary alicyclic amines) is 1. The van der Waals surface area contributed by atoms with Crippen LogP contribution in [0, 0.1) is 0 Å². The number of benzene rings is 1. The fourth-order valence-corrected chi connectivity index (χ4v) is 3.91. The molecule has 1 saturated heterocycles. The monoisotopic (exact) mass is 381 g/mol. The molecule has 1 heterocycles. The van der Waals surface area contributed by atoms with Crippen molar-refractivity contribution in [1.29, 1.82) is 0 Å². The molecule has 26 heavy (non-hydrogen) atoms. The van der Waals surface area contributed by atoms with Gasteiger partial charge >= 0.3 is 6.09 Å².